The zero-order chi connectivity index (χ0) is 45.5. The molecular formula is C52H84Cl4N12Ni2O8. The first kappa shape index (κ1) is 95.7. The summed E-state index contributed by atoms with van der Waals surface area (Å²) < 4.78 is 0. The van der Waals surface area contributed by atoms with Gasteiger partial charge in [-0.1, -0.05) is 72.8 Å². The number of hydrogen-bond donors (Lipinski definition) is 4. The predicted molar refractivity (Wildman–Crippen MR) is 304 cm³/mol. The Morgan fingerprint density at radius 2 is 0.449 bits per heavy atom. The number of nitrogens with zero attached hydrogens (tertiary/aromatic N) is 8. The van der Waals surface area contributed by atoms with E-state index in [1.165, 1.54) is 21.5 Å². The summed E-state index contributed by atoms with van der Waals surface area (Å²) in [5.41, 5.74) is 8.62. The van der Waals surface area contributed by atoms with Gasteiger partial charge in [-0.05, 0) is 105 Å². The number of halogens is 4. The molecule has 448 valence electrons. The number of benzene rings is 4. The smallest absolute Gasteiger partial charge is 1.00 e. The number of likely N-dealkylation sites (N-methyl/N-ethyl adjacent to an activating group) is 4. The van der Waals surface area contributed by atoms with Crippen molar-refractivity contribution in [3.05, 3.63) is 146 Å². The Labute approximate surface area is 505 Å². The fraction of sp³-hybridized carbons (Fsp3) is 0.308. The molecule has 0 fully saturated rings. The van der Waals surface area contributed by atoms with Gasteiger partial charge < -0.3 is 134 Å². The van der Waals surface area contributed by atoms with E-state index in [2.05, 4.69) is 214 Å². The van der Waals surface area contributed by atoms with Gasteiger partial charge in [0.15, 0.2) is 0 Å². The SMILES string of the molecule is CN(C)CCNc1cccc2cccnc12.CN(C)CCNc1cccc2cccnc12.CN(C)CCNc1cccc2cccnc12.CN(C)CCNc1cccc2cccnc12.O.O.O.O.O.O.O.O.[Cl-].[Cl-].[Cl-].[Cl-].[Ni+2].[Ni+2]. The molecule has 20 nitrogen and oxygen atoms in total. The monoisotopic (exact) mass is 1260 g/mol. The minimum Gasteiger partial charge on any atom is -1.00 e. The summed E-state index contributed by atoms with van der Waals surface area (Å²) in [5, 5.41) is 18.4. The Morgan fingerprint density at radius 1 is 0.282 bits per heavy atom. The van der Waals surface area contributed by atoms with Gasteiger partial charge in [-0.2, -0.15) is 0 Å². The number of fused-ring (bicyclic) bond motifs is 4. The van der Waals surface area contributed by atoms with Gasteiger partial charge in [0.05, 0.1) is 44.8 Å². The molecule has 8 aromatic rings. The molecule has 0 unspecified atom stereocenters. The van der Waals surface area contributed by atoms with E-state index in [1.54, 1.807) is 0 Å². The van der Waals surface area contributed by atoms with Crippen LogP contribution in [0, 0.1) is 0 Å². The maximum absolute atomic E-state index is 4.40. The van der Waals surface area contributed by atoms with Gasteiger partial charge in [0.25, 0.3) is 0 Å². The number of para-hydroxylation sites is 4. The molecule has 0 amide bonds. The Kier molecular flexibility index (Phi) is 65.1. The number of rotatable bonds is 16. The molecule has 0 spiro atoms. The first-order chi connectivity index (χ1) is 31.1. The van der Waals surface area contributed by atoms with Crippen LogP contribution in [0.25, 0.3) is 43.6 Å². The Bertz CT molecular complexity index is 2270. The Morgan fingerprint density at radius 3 is 0.615 bits per heavy atom. The molecule has 0 aliphatic rings. The minimum atomic E-state index is 0. The maximum Gasteiger partial charge on any atom is 2.00 e. The molecule has 20 N–H and O–H groups in total. The molecule has 0 saturated carbocycles. The van der Waals surface area contributed by atoms with Crippen molar-refractivity contribution in [3.8, 4) is 0 Å². The fourth-order valence-corrected chi connectivity index (χ4v) is 6.64. The van der Waals surface area contributed by atoms with Crippen LogP contribution in [0.3, 0.4) is 0 Å². The number of anilines is 4. The van der Waals surface area contributed by atoms with E-state index in [-0.39, 0.29) is 126 Å². The minimum absolute atomic E-state index is 0. The molecule has 0 bridgehead atoms. The van der Waals surface area contributed by atoms with Crippen LogP contribution in [-0.2, 0) is 33.0 Å². The molecule has 0 saturated heterocycles. The Hall–Kier alpha value is -4.61. The summed E-state index contributed by atoms with van der Waals surface area (Å²) in [4.78, 5) is 26.2. The van der Waals surface area contributed by atoms with Crippen molar-refractivity contribution >= 4 is 66.4 Å². The summed E-state index contributed by atoms with van der Waals surface area (Å²) in [6.07, 6.45) is 7.33. The van der Waals surface area contributed by atoms with Crippen LogP contribution in [0.5, 0.6) is 0 Å². The van der Waals surface area contributed by atoms with Crippen LogP contribution in [0.15, 0.2) is 146 Å². The predicted octanol–water partition coefficient (Wildman–Crippen LogP) is -9.75. The van der Waals surface area contributed by atoms with Crippen LogP contribution >= 0.6 is 0 Å². The first-order valence-electron chi connectivity index (χ1n) is 22.0. The molecule has 0 atom stereocenters. The summed E-state index contributed by atoms with van der Waals surface area (Å²) in [5.74, 6) is 0. The zero-order valence-electron chi connectivity index (χ0n) is 45.2. The van der Waals surface area contributed by atoms with Gasteiger partial charge in [0.1, 0.15) is 0 Å². The van der Waals surface area contributed by atoms with Crippen LogP contribution in [-0.4, -0.2) is 192 Å². The third-order valence-electron chi connectivity index (χ3n) is 10.0. The van der Waals surface area contributed by atoms with Crippen molar-refractivity contribution in [3.63, 3.8) is 0 Å². The molecule has 26 heteroatoms. The van der Waals surface area contributed by atoms with Crippen molar-refractivity contribution in [2.45, 2.75) is 0 Å². The second-order valence-corrected chi connectivity index (χ2v) is 16.4. The number of aromatic nitrogens is 4. The average molecular weight is 1260 g/mol. The van der Waals surface area contributed by atoms with E-state index in [9.17, 15) is 0 Å². The van der Waals surface area contributed by atoms with E-state index >= 15 is 0 Å². The van der Waals surface area contributed by atoms with Crippen LogP contribution in [0.1, 0.15) is 0 Å². The van der Waals surface area contributed by atoms with Crippen LogP contribution in [0.2, 0.25) is 0 Å². The van der Waals surface area contributed by atoms with Crippen molar-refractivity contribution in [1.82, 2.24) is 39.5 Å². The molecule has 4 aromatic carbocycles. The molecule has 4 aromatic heterocycles. The normalized spacial score (nSPS) is 8.97. The van der Waals surface area contributed by atoms with E-state index in [0.717, 1.165) is 97.2 Å². The average Bonchev–Trinajstić information content (AvgIpc) is 3.30. The summed E-state index contributed by atoms with van der Waals surface area (Å²) in [6.45, 7) is 7.80. The Balaban J connectivity index is -0.0000000932. The van der Waals surface area contributed by atoms with Gasteiger partial charge in [0.2, 0.25) is 0 Å². The molecule has 78 heavy (non-hydrogen) atoms. The molecule has 8 rings (SSSR count). The number of pyridine rings is 4. The van der Waals surface area contributed by atoms with Gasteiger partial charge in [-0.25, -0.2) is 0 Å². The first-order valence-corrected chi connectivity index (χ1v) is 22.0. The van der Waals surface area contributed by atoms with Crippen LogP contribution < -0.4 is 70.9 Å². The molecule has 0 aliphatic heterocycles. The third-order valence-corrected chi connectivity index (χ3v) is 10.0. The van der Waals surface area contributed by atoms with E-state index in [1.807, 2.05) is 49.1 Å². The van der Waals surface area contributed by atoms with Crippen molar-refractivity contribution < 1.29 is 126 Å². The quantitative estimate of drug-likeness (QED) is 0.0656. The summed E-state index contributed by atoms with van der Waals surface area (Å²) in [6, 6.07) is 41.0. The summed E-state index contributed by atoms with van der Waals surface area (Å²) >= 11 is 0. The molecular weight excluding hydrogens is 1180 g/mol. The van der Waals surface area contributed by atoms with Crippen LogP contribution in [0.4, 0.5) is 22.7 Å². The third kappa shape index (κ3) is 33.1. The van der Waals surface area contributed by atoms with Crippen molar-refractivity contribution in [2.24, 2.45) is 0 Å². The largest absolute Gasteiger partial charge is 2.00 e. The zero-order valence-corrected chi connectivity index (χ0v) is 50.2. The van der Waals surface area contributed by atoms with Gasteiger partial charge >= 0.3 is 33.0 Å². The molecule has 0 aliphatic carbocycles. The summed E-state index contributed by atoms with van der Waals surface area (Å²) in [7, 11) is 16.6. The van der Waals surface area contributed by atoms with Gasteiger partial charge in [0, 0.05) is 98.7 Å². The van der Waals surface area contributed by atoms with Crippen molar-refractivity contribution in [2.75, 3.05) is 130 Å². The van der Waals surface area contributed by atoms with E-state index < -0.39 is 0 Å². The second-order valence-electron chi connectivity index (χ2n) is 16.4. The van der Waals surface area contributed by atoms with Gasteiger partial charge in [-0.3, -0.25) is 19.9 Å². The number of nitrogens with one attached hydrogen (secondary N) is 4. The van der Waals surface area contributed by atoms with Gasteiger partial charge in [-0.15, -0.1) is 0 Å². The van der Waals surface area contributed by atoms with E-state index in [4.69, 9.17) is 0 Å². The molecule has 0 radical (unpaired) electrons. The van der Waals surface area contributed by atoms with Crippen molar-refractivity contribution in [1.29, 1.82) is 0 Å². The standard InChI is InChI=1S/4C13H17N3.4ClH.2Ni.8H2O/c4*1-16(2)10-9-14-12-7-3-5-11-6-4-8-15-13(11)12;;;;;;;;;;;;;;/h4*3-8,14H,9-10H2,1-2H3;4*1H;;;8*1H2/q;;;;;;;;2*+2;;;;;;;;/p-4. The topological polar surface area (TPSA) is 365 Å². The second kappa shape index (κ2) is 53.1. The molecule has 4 heterocycles. The number of hydrogen-bond acceptors (Lipinski definition) is 12. The van der Waals surface area contributed by atoms with E-state index in [0.29, 0.717) is 0 Å². The fourth-order valence-electron chi connectivity index (χ4n) is 6.64. The maximum atomic E-state index is 4.40.